The number of benzene rings is 2. The van der Waals surface area contributed by atoms with Crippen LogP contribution in [0.15, 0.2) is 48.5 Å². The first-order valence-corrected chi connectivity index (χ1v) is 15.7. The zero-order valence-corrected chi connectivity index (χ0v) is 26.5. The molecule has 1 aliphatic rings. The van der Waals surface area contributed by atoms with E-state index < -0.39 is 23.8 Å². The lowest BCUT2D eigenvalue weighted by Crippen LogP contribution is -2.55. The van der Waals surface area contributed by atoms with Gasteiger partial charge in [0.1, 0.15) is 17.7 Å². The van der Waals surface area contributed by atoms with Crippen LogP contribution >= 0.6 is 0 Å². The first-order chi connectivity index (χ1) is 20.0. The van der Waals surface area contributed by atoms with Crippen molar-refractivity contribution < 1.29 is 19.1 Å². The second-order valence-electron chi connectivity index (χ2n) is 12.7. The van der Waals surface area contributed by atoms with Gasteiger partial charge in [-0.2, -0.15) is 0 Å². The molecule has 0 aromatic heterocycles. The van der Waals surface area contributed by atoms with Crippen molar-refractivity contribution in [1.82, 2.24) is 15.5 Å². The first-order valence-electron chi connectivity index (χ1n) is 15.7. The second kappa shape index (κ2) is 15.8. The highest BCUT2D eigenvalue weighted by Crippen LogP contribution is 2.29. The highest BCUT2D eigenvalue weighted by Gasteiger charge is 2.37. The van der Waals surface area contributed by atoms with E-state index in [0.717, 1.165) is 67.2 Å². The van der Waals surface area contributed by atoms with E-state index in [4.69, 9.17) is 4.74 Å². The van der Waals surface area contributed by atoms with Crippen LogP contribution in [0, 0.1) is 13.8 Å². The topological polar surface area (TPSA) is 87.7 Å². The molecule has 0 radical (unpaired) electrons. The van der Waals surface area contributed by atoms with E-state index in [1.165, 1.54) is 6.42 Å². The maximum atomic E-state index is 14.6. The number of carbonyl (C=O) groups is 3. The van der Waals surface area contributed by atoms with Gasteiger partial charge < -0.3 is 20.3 Å². The van der Waals surface area contributed by atoms with Gasteiger partial charge in [-0.3, -0.25) is 9.59 Å². The molecule has 3 rings (SSSR count). The van der Waals surface area contributed by atoms with Gasteiger partial charge in [-0.1, -0.05) is 87.6 Å². The lowest BCUT2D eigenvalue weighted by atomic mass is 9.92. The summed E-state index contributed by atoms with van der Waals surface area (Å²) in [6.07, 6.45) is 7.57. The van der Waals surface area contributed by atoms with Gasteiger partial charge in [0, 0.05) is 19.0 Å². The van der Waals surface area contributed by atoms with Crippen molar-refractivity contribution in [2.24, 2.45) is 0 Å². The van der Waals surface area contributed by atoms with Crippen molar-refractivity contribution in [2.75, 3.05) is 6.54 Å². The Labute approximate surface area is 252 Å². The zero-order chi connectivity index (χ0) is 30.7. The summed E-state index contributed by atoms with van der Waals surface area (Å²) in [5.41, 5.74) is 3.08. The van der Waals surface area contributed by atoms with Gasteiger partial charge >= 0.3 is 6.09 Å². The van der Waals surface area contributed by atoms with Gasteiger partial charge in [-0.25, -0.2) is 4.79 Å². The fourth-order valence-electron chi connectivity index (χ4n) is 5.65. The summed E-state index contributed by atoms with van der Waals surface area (Å²) < 4.78 is 5.56. The zero-order valence-electron chi connectivity index (χ0n) is 26.5. The summed E-state index contributed by atoms with van der Waals surface area (Å²) in [5, 5.41) is 6.17. The Morgan fingerprint density at radius 2 is 1.64 bits per heavy atom. The number of hydrogen-bond donors (Lipinski definition) is 2. The van der Waals surface area contributed by atoms with Crippen molar-refractivity contribution in [3.05, 3.63) is 70.8 Å². The van der Waals surface area contributed by atoms with E-state index in [1.54, 1.807) is 25.7 Å². The second-order valence-corrected chi connectivity index (χ2v) is 12.7. The number of unbranched alkanes of at least 4 members (excludes halogenated alkanes) is 2. The number of nitrogens with one attached hydrogen (secondary N) is 2. The summed E-state index contributed by atoms with van der Waals surface area (Å²) in [5.74, 6) is -0.443. The minimum atomic E-state index is -0.904. The summed E-state index contributed by atoms with van der Waals surface area (Å²) >= 11 is 0. The number of carbonyl (C=O) groups excluding carboxylic acids is 3. The van der Waals surface area contributed by atoms with Crippen LogP contribution in [0.4, 0.5) is 4.79 Å². The van der Waals surface area contributed by atoms with Crippen LogP contribution in [0.1, 0.15) is 107 Å². The van der Waals surface area contributed by atoms with Crippen LogP contribution in [0.3, 0.4) is 0 Å². The lowest BCUT2D eigenvalue weighted by Gasteiger charge is -2.36. The predicted molar refractivity (Wildman–Crippen MR) is 168 cm³/mol. The summed E-state index contributed by atoms with van der Waals surface area (Å²) in [6.45, 7) is 12.0. The molecular weight excluding hydrogens is 526 g/mol. The smallest absolute Gasteiger partial charge is 0.408 e. The predicted octanol–water partition coefficient (Wildman–Crippen LogP) is 6.95. The molecule has 0 aliphatic heterocycles. The summed E-state index contributed by atoms with van der Waals surface area (Å²) in [6, 6.07) is 14.0. The molecule has 1 saturated carbocycles. The highest BCUT2D eigenvalue weighted by atomic mass is 16.6. The maximum Gasteiger partial charge on any atom is 0.408 e. The molecule has 0 bridgehead atoms. The van der Waals surface area contributed by atoms with E-state index >= 15 is 0 Å². The summed E-state index contributed by atoms with van der Waals surface area (Å²) in [7, 11) is 0. The van der Waals surface area contributed by atoms with Gasteiger partial charge in [0.15, 0.2) is 0 Å². The molecule has 0 saturated heterocycles. The van der Waals surface area contributed by atoms with Crippen molar-refractivity contribution in [3.8, 4) is 0 Å². The Kier molecular flexibility index (Phi) is 12.4. The van der Waals surface area contributed by atoms with E-state index in [2.05, 4.69) is 17.6 Å². The fourth-order valence-corrected chi connectivity index (χ4v) is 5.65. The molecule has 1 fully saturated rings. The van der Waals surface area contributed by atoms with Crippen molar-refractivity contribution in [2.45, 2.75) is 123 Å². The van der Waals surface area contributed by atoms with Crippen LogP contribution in [0.25, 0.3) is 0 Å². The van der Waals surface area contributed by atoms with Crippen molar-refractivity contribution >= 4 is 17.9 Å². The molecule has 7 nitrogen and oxygen atoms in total. The third kappa shape index (κ3) is 9.88. The number of aryl methyl sites for hydroxylation is 1. The highest BCUT2D eigenvalue weighted by molar-refractivity contribution is 5.92. The van der Waals surface area contributed by atoms with Crippen LogP contribution in [0.5, 0.6) is 0 Å². The van der Waals surface area contributed by atoms with Gasteiger partial charge in [0.2, 0.25) is 11.8 Å². The number of alkyl carbamates (subject to hydrolysis) is 1. The molecule has 2 N–H and O–H groups in total. The van der Waals surface area contributed by atoms with Crippen LogP contribution in [-0.4, -0.2) is 47.0 Å². The minimum absolute atomic E-state index is 0.103. The summed E-state index contributed by atoms with van der Waals surface area (Å²) in [4.78, 5) is 43.6. The molecule has 230 valence electrons. The van der Waals surface area contributed by atoms with Crippen LogP contribution < -0.4 is 10.6 Å². The number of rotatable bonds is 12. The molecule has 2 unspecified atom stereocenters. The molecule has 2 aromatic carbocycles. The standard InChI is InChI=1S/C35H51N3O4/c1-7-8-15-23-38(33(40)30(24-27-18-11-9-12-19-27)37-34(41)42-35(4,5)6)31(29-22-16-17-25(2)26(29)3)32(39)36-28-20-13-10-14-21-28/h9,11-12,16-19,22,28,30-31H,7-8,10,13-15,20-21,23-24H2,1-6H3,(H,36,39)(H,37,41). The molecule has 7 heteroatoms. The van der Waals surface area contributed by atoms with Gasteiger partial charge in [-0.15, -0.1) is 0 Å². The van der Waals surface area contributed by atoms with Gasteiger partial charge in [0.05, 0.1) is 0 Å². The first kappa shape index (κ1) is 33.2. The average Bonchev–Trinajstić information content (AvgIpc) is 2.94. The quantitative estimate of drug-likeness (QED) is 0.267. The van der Waals surface area contributed by atoms with E-state index in [9.17, 15) is 14.4 Å². The van der Waals surface area contributed by atoms with Crippen molar-refractivity contribution in [3.63, 3.8) is 0 Å². The van der Waals surface area contributed by atoms with Crippen LogP contribution in [-0.2, 0) is 20.7 Å². The molecule has 3 amide bonds. The number of nitrogens with zero attached hydrogens (tertiary/aromatic N) is 1. The van der Waals surface area contributed by atoms with Gasteiger partial charge in [0.25, 0.3) is 0 Å². The Balaban J connectivity index is 2.05. The Morgan fingerprint density at radius 3 is 2.29 bits per heavy atom. The van der Waals surface area contributed by atoms with E-state index in [1.807, 2.05) is 62.4 Å². The Hall–Kier alpha value is -3.35. The fraction of sp³-hybridized carbons (Fsp3) is 0.571. The number of ether oxygens (including phenoxy) is 1. The van der Waals surface area contributed by atoms with Crippen LogP contribution in [0.2, 0.25) is 0 Å². The normalized spacial score (nSPS) is 15.4. The molecule has 1 aliphatic carbocycles. The molecule has 42 heavy (non-hydrogen) atoms. The Morgan fingerprint density at radius 1 is 0.952 bits per heavy atom. The number of amides is 3. The van der Waals surface area contributed by atoms with E-state index in [0.29, 0.717) is 6.54 Å². The largest absolute Gasteiger partial charge is 0.444 e. The van der Waals surface area contributed by atoms with Gasteiger partial charge in [-0.05, 0) is 76.1 Å². The molecule has 2 atom stereocenters. The average molecular weight is 578 g/mol. The number of hydrogen-bond acceptors (Lipinski definition) is 4. The SMILES string of the molecule is CCCCCN(C(=O)C(Cc1ccccc1)NC(=O)OC(C)(C)C)C(C(=O)NC1CCCCC1)c1cccc(C)c1C. The molecular formula is C35H51N3O4. The molecule has 0 heterocycles. The Bertz CT molecular complexity index is 1170. The third-order valence-corrected chi connectivity index (χ3v) is 8.01. The molecule has 0 spiro atoms. The third-order valence-electron chi connectivity index (χ3n) is 8.01. The van der Waals surface area contributed by atoms with E-state index in [-0.39, 0.29) is 24.3 Å². The lowest BCUT2D eigenvalue weighted by molar-refractivity contribution is -0.143. The monoisotopic (exact) mass is 577 g/mol. The maximum absolute atomic E-state index is 14.6. The van der Waals surface area contributed by atoms with Crippen molar-refractivity contribution in [1.29, 1.82) is 0 Å². The minimum Gasteiger partial charge on any atom is -0.444 e. The molecule has 2 aromatic rings.